The van der Waals surface area contributed by atoms with Crippen LogP contribution in [-0.2, 0) is 0 Å². The van der Waals surface area contributed by atoms with Gasteiger partial charge in [0, 0.05) is 50.1 Å². The third-order valence-corrected chi connectivity index (χ3v) is 8.55. The minimum absolute atomic E-state index is 0.887. The molecule has 0 radical (unpaired) electrons. The molecule has 0 atom stereocenters. The molecule has 0 bridgehead atoms. The Kier molecular flexibility index (Phi) is 5.20. The van der Waals surface area contributed by atoms with Crippen molar-refractivity contribution in [1.29, 1.82) is 0 Å². The number of hydrogen-bond acceptors (Lipinski definition) is 2. The van der Waals surface area contributed by atoms with Gasteiger partial charge in [-0.3, -0.25) is 0 Å². The molecule has 0 unspecified atom stereocenters. The van der Waals surface area contributed by atoms with E-state index in [4.69, 9.17) is 4.42 Å². The number of furan rings is 1. The molecule has 202 valence electrons. The smallest absolute Gasteiger partial charge is 0.137 e. The lowest BCUT2D eigenvalue weighted by Gasteiger charge is -2.11. The van der Waals surface area contributed by atoms with Crippen molar-refractivity contribution >= 4 is 65.9 Å². The molecule has 2 heterocycles. The molecule has 0 saturated heterocycles. The second-order valence-electron chi connectivity index (χ2n) is 11.1. The Hall–Kier alpha value is -5.80. The summed E-state index contributed by atoms with van der Waals surface area (Å²) in [6.45, 7) is 0. The second kappa shape index (κ2) is 9.37. The van der Waals surface area contributed by atoms with E-state index in [1.54, 1.807) is 0 Å². The average Bonchev–Trinajstić information content (AvgIpc) is 3.60. The van der Waals surface area contributed by atoms with E-state index in [9.17, 15) is 0 Å². The summed E-state index contributed by atoms with van der Waals surface area (Å²) >= 11 is 0. The van der Waals surface area contributed by atoms with Gasteiger partial charge in [0.1, 0.15) is 11.2 Å². The number of hydrogen-bond donors (Lipinski definition) is 1. The maximum Gasteiger partial charge on any atom is 0.137 e. The lowest BCUT2D eigenvalue weighted by atomic mass is 10.0. The maximum atomic E-state index is 6.09. The van der Waals surface area contributed by atoms with Crippen molar-refractivity contribution in [3.8, 4) is 16.8 Å². The summed E-state index contributed by atoms with van der Waals surface area (Å²) < 4.78 is 8.51. The molecule has 0 spiro atoms. The minimum Gasteiger partial charge on any atom is -0.456 e. The van der Waals surface area contributed by atoms with E-state index >= 15 is 0 Å². The number of rotatable bonds is 4. The second-order valence-corrected chi connectivity index (χ2v) is 11.1. The lowest BCUT2D eigenvalue weighted by Crippen LogP contribution is -1.94. The normalized spacial score (nSPS) is 11.7. The van der Waals surface area contributed by atoms with Gasteiger partial charge in [-0.05, 0) is 65.0 Å². The molecule has 0 fully saturated rings. The number of nitrogens with zero attached hydrogens (tertiary/aromatic N) is 1. The molecule has 9 aromatic rings. The maximum absolute atomic E-state index is 6.09. The van der Waals surface area contributed by atoms with Crippen molar-refractivity contribution in [2.24, 2.45) is 0 Å². The molecule has 0 amide bonds. The molecular weight excluding hydrogens is 524 g/mol. The van der Waals surface area contributed by atoms with Gasteiger partial charge >= 0.3 is 0 Å². The Morgan fingerprint density at radius 1 is 0.442 bits per heavy atom. The van der Waals surface area contributed by atoms with Gasteiger partial charge in [0.25, 0.3) is 0 Å². The number of para-hydroxylation sites is 2. The Bertz CT molecular complexity index is 2470. The van der Waals surface area contributed by atoms with Crippen LogP contribution in [0.2, 0.25) is 0 Å². The first-order valence-corrected chi connectivity index (χ1v) is 14.6. The summed E-state index contributed by atoms with van der Waals surface area (Å²) in [5, 5.41) is 10.9. The summed E-state index contributed by atoms with van der Waals surface area (Å²) in [5.74, 6) is 0. The molecule has 1 N–H and O–H groups in total. The molecule has 0 aliphatic carbocycles. The van der Waals surface area contributed by atoms with Crippen LogP contribution in [0.5, 0.6) is 0 Å². The number of anilines is 2. The standard InChI is InChI=1S/C40H26N2O/c1-2-9-31(10-3-1)42-37-24-28(17-21-33(37)36-22-16-27-8-4-5-11-32(27)40(36)42)26-14-18-29(19-15-26)41-30-20-23-35-34-12-6-7-13-38(34)43-39(35)25-30/h1-25,41H. The van der Waals surface area contributed by atoms with Crippen LogP contribution in [0.3, 0.4) is 0 Å². The number of aromatic nitrogens is 1. The first kappa shape index (κ1) is 23.9. The van der Waals surface area contributed by atoms with Gasteiger partial charge in [-0.15, -0.1) is 0 Å². The van der Waals surface area contributed by atoms with Crippen LogP contribution < -0.4 is 5.32 Å². The Labute approximate surface area is 248 Å². The Balaban J connectivity index is 1.12. The Morgan fingerprint density at radius 3 is 2.00 bits per heavy atom. The summed E-state index contributed by atoms with van der Waals surface area (Å²) in [5.41, 5.74) is 9.81. The summed E-state index contributed by atoms with van der Waals surface area (Å²) in [7, 11) is 0. The van der Waals surface area contributed by atoms with Gasteiger partial charge in [0.15, 0.2) is 0 Å². The molecule has 9 rings (SSSR count). The fraction of sp³-hybridized carbons (Fsp3) is 0. The fourth-order valence-electron chi connectivity index (χ4n) is 6.52. The van der Waals surface area contributed by atoms with Crippen LogP contribution in [0.15, 0.2) is 156 Å². The summed E-state index contributed by atoms with van der Waals surface area (Å²) in [4.78, 5) is 0. The van der Waals surface area contributed by atoms with E-state index in [1.807, 2.05) is 18.2 Å². The predicted molar refractivity (Wildman–Crippen MR) is 181 cm³/mol. The average molecular weight is 551 g/mol. The molecule has 0 saturated carbocycles. The highest BCUT2D eigenvalue weighted by Gasteiger charge is 2.16. The van der Waals surface area contributed by atoms with Gasteiger partial charge in [-0.25, -0.2) is 0 Å². The molecule has 0 aliphatic rings. The quantitative estimate of drug-likeness (QED) is 0.236. The van der Waals surface area contributed by atoms with Gasteiger partial charge < -0.3 is 14.3 Å². The van der Waals surface area contributed by atoms with Gasteiger partial charge in [-0.2, -0.15) is 0 Å². The van der Waals surface area contributed by atoms with Crippen molar-refractivity contribution in [1.82, 2.24) is 4.57 Å². The zero-order valence-corrected chi connectivity index (χ0v) is 23.3. The number of fused-ring (bicyclic) bond motifs is 8. The third-order valence-electron chi connectivity index (χ3n) is 8.55. The van der Waals surface area contributed by atoms with Gasteiger partial charge in [-0.1, -0.05) is 97.1 Å². The van der Waals surface area contributed by atoms with Crippen molar-refractivity contribution in [2.75, 3.05) is 5.32 Å². The van der Waals surface area contributed by atoms with Crippen LogP contribution >= 0.6 is 0 Å². The van der Waals surface area contributed by atoms with Crippen molar-refractivity contribution in [3.05, 3.63) is 152 Å². The van der Waals surface area contributed by atoms with Crippen LogP contribution in [0.1, 0.15) is 0 Å². The van der Waals surface area contributed by atoms with Crippen molar-refractivity contribution in [2.45, 2.75) is 0 Å². The van der Waals surface area contributed by atoms with Crippen LogP contribution in [-0.4, -0.2) is 4.57 Å². The van der Waals surface area contributed by atoms with E-state index in [-0.39, 0.29) is 0 Å². The Morgan fingerprint density at radius 2 is 1.12 bits per heavy atom. The summed E-state index contributed by atoms with van der Waals surface area (Å²) in [6, 6.07) is 53.8. The van der Waals surface area contributed by atoms with Crippen LogP contribution in [0.4, 0.5) is 11.4 Å². The lowest BCUT2D eigenvalue weighted by molar-refractivity contribution is 0.669. The van der Waals surface area contributed by atoms with E-state index in [2.05, 4.69) is 143 Å². The zero-order valence-electron chi connectivity index (χ0n) is 23.3. The molecule has 0 aliphatic heterocycles. The SMILES string of the molecule is c1ccc(-n2c3cc(-c4ccc(Nc5ccc6c(c5)oc5ccccc56)cc4)ccc3c3ccc4ccccc4c32)cc1. The molecule has 2 aromatic heterocycles. The fourth-order valence-corrected chi connectivity index (χ4v) is 6.52. The van der Waals surface area contributed by atoms with Crippen LogP contribution in [0.25, 0.3) is 71.3 Å². The highest BCUT2D eigenvalue weighted by molar-refractivity contribution is 6.19. The monoisotopic (exact) mass is 550 g/mol. The summed E-state index contributed by atoms with van der Waals surface area (Å²) in [6.07, 6.45) is 0. The molecule has 3 nitrogen and oxygen atoms in total. The van der Waals surface area contributed by atoms with Gasteiger partial charge in [0.05, 0.1) is 11.0 Å². The predicted octanol–water partition coefficient (Wildman–Crippen LogP) is 11.2. The first-order chi connectivity index (χ1) is 21.3. The topological polar surface area (TPSA) is 30.1 Å². The third kappa shape index (κ3) is 3.83. The highest BCUT2D eigenvalue weighted by atomic mass is 16.3. The molecule has 7 aromatic carbocycles. The first-order valence-electron chi connectivity index (χ1n) is 14.6. The van der Waals surface area contributed by atoms with Crippen molar-refractivity contribution in [3.63, 3.8) is 0 Å². The zero-order chi connectivity index (χ0) is 28.3. The van der Waals surface area contributed by atoms with Gasteiger partial charge in [0.2, 0.25) is 0 Å². The molecular formula is C40H26N2O. The largest absolute Gasteiger partial charge is 0.456 e. The van der Waals surface area contributed by atoms with Crippen LogP contribution in [0, 0.1) is 0 Å². The van der Waals surface area contributed by atoms with Crippen molar-refractivity contribution < 1.29 is 4.42 Å². The highest BCUT2D eigenvalue weighted by Crippen LogP contribution is 2.38. The number of benzene rings is 7. The van der Waals surface area contributed by atoms with E-state index < -0.39 is 0 Å². The molecule has 43 heavy (non-hydrogen) atoms. The molecule has 3 heteroatoms. The minimum atomic E-state index is 0.887. The van der Waals surface area contributed by atoms with E-state index in [0.717, 1.165) is 39.0 Å². The van der Waals surface area contributed by atoms with E-state index in [0.29, 0.717) is 0 Å². The number of nitrogens with one attached hydrogen (secondary N) is 1. The van der Waals surface area contributed by atoms with E-state index in [1.165, 1.54) is 43.7 Å².